The molecule has 3 aromatic carbocycles. The maximum atomic E-state index is 12.9. The van der Waals surface area contributed by atoms with E-state index in [-0.39, 0.29) is 40.0 Å². The molecule has 60 heavy (non-hydrogen) atoms. The molecule has 0 aromatic heterocycles. The van der Waals surface area contributed by atoms with Crippen molar-refractivity contribution in [3.63, 3.8) is 0 Å². The van der Waals surface area contributed by atoms with Crippen LogP contribution in [-0.2, 0) is 19.1 Å². The average molecular weight is 831 g/mol. The van der Waals surface area contributed by atoms with Gasteiger partial charge in [-0.1, -0.05) is 76.2 Å². The Bertz CT molecular complexity index is 1820. The molecule has 0 radical (unpaired) electrons. The van der Waals surface area contributed by atoms with Gasteiger partial charge in [0.1, 0.15) is 23.0 Å². The van der Waals surface area contributed by atoms with E-state index in [4.69, 9.17) is 28.4 Å². The van der Waals surface area contributed by atoms with Crippen molar-refractivity contribution in [1.29, 1.82) is 0 Å². The number of esters is 4. The highest BCUT2D eigenvalue weighted by Gasteiger charge is 2.36. The highest BCUT2D eigenvalue weighted by atomic mass is 16.5. The van der Waals surface area contributed by atoms with Crippen LogP contribution in [0.1, 0.15) is 141 Å². The zero-order valence-corrected chi connectivity index (χ0v) is 38.2. The van der Waals surface area contributed by atoms with Gasteiger partial charge in [-0.15, -0.1) is 0 Å². The fourth-order valence-electron chi connectivity index (χ4n) is 6.46. The minimum absolute atomic E-state index is 0.0297. The summed E-state index contributed by atoms with van der Waals surface area (Å²) in [5.74, 6) is 0.644. The van der Waals surface area contributed by atoms with E-state index in [1.807, 2.05) is 0 Å². The van der Waals surface area contributed by atoms with Crippen LogP contribution in [0.3, 0.4) is 0 Å². The molecule has 0 amide bonds. The van der Waals surface area contributed by atoms with Crippen molar-refractivity contribution in [3.8, 4) is 23.0 Å². The summed E-state index contributed by atoms with van der Waals surface area (Å²) >= 11 is 0. The standard InChI is InChI=1S/C50H70O10/c1-34(2)31-41(49(7,8)9)46(53)57-29-15-13-27-55-38-21-17-36(18-22-38)44(51)59-40-25-26-43(35(3)32-40)60-45(52)37-19-23-39(24-20-37)56-28-14-16-30-58-47(54)42(50(10,11)12)33-48(4,5)6/h17-26,32,34,41-42H,13-16,27-31,33H2,1-12H3. The molecule has 0 spiro atoms. The largest absolute Gasteiger partial charge is 0.494 e. The molecular formula is C50H70O10. The van der Waals surface area contributed by atoms with E-state index in [0.717, 1.165) is 12.8 Å². The lowest BCUT2D eigenvalue weighted by molar-refractivity contribution is -0.154. The predicted molar refractivity (Wildman–Crippen MR) is 235 cm³/mol. The fraction of sp³-hybridized carbons (Fsp3) is 0.560. The maximum absolute atomic E-state index is 12.9. The van der Waals surface area contributed by atoms with Gasteiger partial charge in [-0.25, -0.2) is 9.59 Å². The van der Waals surface area contributed by atoms with Crippen LogP contribution in [0.2, 0.25) is 0 Å². The second kappa shape index (κ2) is 22.7. The number of aryl methyl sites for hydroxylation is 1. The van der Waals surface area contributed by atoms with E-state index in [1.165, 1.54) is 0 Å². The van der Waals surface area contributed by atoms with E-state index >= 15 is 0 Å². The molecule has 3 aromatic rings. The predicted octanol–water partition coefficient (Wildman–Crippen LogP) is 11.6. The zero-order chi connectivity index (χ0) is 44.7. The molecule has 0 fully saturated rings. The Morgan fingerprint density at radius 3 is 1.37 bits per heavy atom. The van der Waals surface area contributed by atoms with Gasteiger partial charge in [0.25, 0.3) is 0 Å². The SMILES string of the molecule is Cc1cc(OC(=O)c2ccc(OCCCCOC(=O)C(CC(C)C)C(C)(C)C)cc2)ccc1OC(=O)c1ccc(OCCCCOC(=O)C(CC(C)(C)C)C(C)(C)C)cc1. The number of ether oxygens (including phenoxy) is 6. The fourth-order valence-corrected chi connectivity index (χ4v) is 6.46. The highest BCUT2D eigenvalue weighted by molar-refractivity contribution is 5.92. The van der Waals surface area contributed by atoms with Crippen LogP contribution in [0.15, 0.2) is 66.7 Å². The van der Waals surface area contributed by atoms with Gasteiger partial charge < -0.3 is 28.4 Å². The number of benzene rings is 3. The molecule has 2 atom stereocenters. The summed E-state index contributed by atoms with van der Waals surface area (Å²) in [6.45, 7) is 26.4. The first-order chi connectivity index (χ1) is 28.0. The summed E-state index contributed by atoms with van der Waals surface area (Å²) < 4.78 is 34.1. The molecule has 0 N–H and O–H groups in total. The van der Waals surface area contributed by atoms with E-state index in [0.29, 0.717) is 97.7 Å². The molecule has 2 unspecified atom stereocenters. The lowest BCUT2D eigenvalue weighted by Gasteiger charge is -2.33. The van der Waals surface area contributed by atoms with Gasteiger partial charge in [0.05, 0.1) is 49.4 Å². The molecule has 0 aliphatic rings. The van der Waals surface area contributed by atoms with Gasteiger partial charge in [-0.05, 0) is 140 Å². The molecule has 0 heterocycles. The number of hydrogen-bond acceptors (Lipinski definition) is 10. The molecule has 3 rings (SSSR count). The topological polar surface area (TPSA) is 124 Å². The van der Waals surface area contributed by atoms with Crippen LogP contribution in [0, 0.1) is 40.9 Å². The van der Waals surface area contributed by atoms with Crippen LogP contribution < -0.4 is 18.9 Å². The summed E-state index contributed by atoms with van der Waals surface area (Å²) in [6.07, 6.45) is 4.37. The Labute approximate surface area is 359 Å². The summed E-state index contributed by atoms with van der Waals surface area (Å²) in [5.41, 5.74) is 1.03. The second-order valence-corrected chi connectivity index (χ2v) is 19.4. The molecule has 10 nitrogen and oxygen atoms in total. The first-order valence-corrected chi connectivity index (χ1v) is 21.4. The van der Waals surface area contributed by atoms with Gasteiger partial charge >= 0.3 is 23.9 Å². The summed E-state index contributed by atoms with van der Waals surface area (Å²) in [6, 6.07) is 18.2. The van der Waals surface area contributed by atoms with Crippen LogP contribution in [0.25, 0.3) is 0 Å². The number of rotatable bonds is 21. The highest BCUT2D eigenvalue weighted by Crippen LogP contribution is 2.37. The smallest absolute Gasteiger partial charge is 0.343 e. The maximum Gasteiger partial charge on any atom is 0.343 e. The number of carbonyl (C=O) groups excluding carboxylic acids is 4. The molecule has 0 aliphatic carbocycles. The van der Waals surface area contributed by atoms with Gasteiger partial charge in [0.2, 0.25) is 0 Å². The van der Waals surface area contributed by atoms with Gasteiger partial charge in [0.15, 0.2) is 0 Å². The quantitative estimate of drug-likeness (QED) is 0.0582. The van der Waals surface area contributed by atoms with E-state index in [9.17, 15) is 19.2 Å². The first-order valence-electron chi connectivity index (χ1n) is 21.4. The molecule has 10 heteroatoms. The molecule has 0 aliphatic heterocycles. The third-order valence-corrected chi connectivity index (χ3v) is 10.0. The lowest BCUT2D eigenvalue weighted by atomic mass is 9.72. The molecule has 0 bridgehead atoms. The van der Waals surface area contributed by atoms with Gasteiger partial charge in [0, 0.05) is 0 Å². The molecular weight excluding hydrogens is 761 g/mol. The Kier molecular flexibility index (Phi) is 18.7. The first kappa shape index (κ1) is 49.5. The Hall–Kier alpha value is -4.86. The van der Waals surface area contributed by atoms with Gasteiger partial charge in [-0.2, -0.15) is 0 Å². The monoisotopic (exact) mass is 830 g/mol. The van der Waals surface area contributed by atoms with E-state index in [1.54, 1.807) is 73.7 Å². The summed E-state index contributed by atoms with van der Waals surface area (Å²) in [4.78, 5) is 51.3. The van der Waals surface area contributed by atoms with Crippen molar-refractivity contribution in [2.75, 3.05) is 26.4 Å². The number of unbranched alkanes of at least 4 members (excludes halogenated alkanes) is 2. The number of carbonyl (C=O) groups is 4. The van der Waals surface area contributed by atoms with Gasteiger partial charge in [-0.3, -0.25) is 9.59 Å². The average Bonchev–Trinajstić information content (AvgIpc) is 3.15. The second-order valence-electron chi connectivity index (χ2n) is 19.4. The van der Waals surface area contributed by atoms with E-state index in [2.05, 4.69) is 76.2 Å². The van der Waals surface area contributed by atoms with Crippen molar-refractivity contribution in [3.05, 3.63) is 83.4 Å². The molecule has 330 valence electrons. The van der Waals surface area contributed by atoms with Crippen LogP contribution in [0.5, 0.6) is 23.0 Å². The molecule has 0 saturated carbocycles. The van der Waals surface area contributed by atoms with Crippen molar-refractivity contribution in [2.24, 2.45) is 34.0 Å². The number of hydrogen-bond donors (Lipinski definition) is 0. The minimum Gasteiger partial charge on any atom is -0.494 e. The Morgan fingerprint density at radius 1 is 0.533 bits per heavy atom. The van der Waals surface area contributed by atoms with Crippen molar-refractivity contribution in [1.82, 2.24) is 0 Å². The van der Waals surface area contributed by atoms with E-state index < -0.39 is 11.9 Å². The van der Waals surface area contributed by atoms with Crippen molar-refractivity contribution >= 4 is 23.9 Å². The minimum atomic E-state index is -0.537. The lowest BCUT2D eigenvalue weighted by Crippen LogP contribution is -2.33. The summed E-state index contributed by atoms with van der Waals surface area (Å²) in [5, 5.41) is 0. The molecule has 0 saturated heterocycles. The third kappa shape index (κ3) is 17.4. The normalized spacial score (nSPS) is 12.9. The van der Waals surface area contributed by atoms with Crippen LogP contribution in [0.4, 0.5) is 0 Å². The Balaban J connectivity index is 1.37. The Morgan fingerprint density at radius 2 is 0.950 bits per heavy atom. The zero-order valence-electron chi connectivity index (χ0n) is 38.2. The summed E-state index contributed by atoms with van der Waals surface area (Å²) in [7, 11) is 0. The third-order valence-electron chi connectivity index (χ3n) is 10.0. The van der Waals surface area contributed by atoms with Crippen molar-refractivity contribution < 1.29 is 47.6 Å². The van der Waals surface area contributed by atoms with Crippen molar-refractivity contribution in [2.45, 2.75) is 122 Å². The van der Waals surface area contributed by atoms with Crippen LogP contribution in [-0.4, -0.2) is 50.3 Å². The van der Waals surface area contributed by atoms with Crippen LogP contribution >= 0.6 is 0 Å².